The highest BCUT2D eigenvalue weighted by Crippen LogP contribution is 2.36. The minimum absolute atomic E-state index is 0.214. The number of furan rings is 1. The average Bonchev–Trinajstić information content (AvgIpc) is 3.31. The third-order valence-corrected chi connectivity index (χ3v) is 5.36. The number of nitrogens with zero attached hydrogens (tertiary/aromatic N) is 2. The molecule has 4 aromatic rings. The van der Waals surface area contributed by atoms with E-state index in [1.54, 1.807) is 7.11 Å². The summed E-state index contributed by atoms with van der Waals surface area (Å²) in [7, 11) is 1.61. The number of benzene rings is 2. The molecule has 0 aliphatic carbocycles. The zero-order chi connectivity index (χ0) is 22.0. The maximum absolute atomic E-state index is 13.1. The average molecular weight is 418 g/mol. The molecule has 6 nitrogen and oxygen atoms in total. The molecular formula is C25H27N3O3. The van der Waals surface area contributed by atoms with Crippen LogP contribution in [0.3, 0.4) is 0 Å². The minimum atomic E-state index is -0.228. The van der Waals surface area contributed by atoms with E-state index in [0.29, 0.717) is 23.6 Å². The van der Waals surface area contributed by atoms with Gasteiger partial charge in [0.2, 0.25) is 5.76 Å². The maximum atomic E-state index is 13.1. The van der Waals surface area contributed by atoms with Gasteiger partial charge in [-0.3, -0.25) is 9.48 Å². The number of carbonyl (C=O) groups is 1. The Labute approximate surface area is 181 Å². The Morgan fingerprint density at radius 1 is 1.16 bits per heavy atom. The Morgan fingerprint density at radius 3 is 2.61 bits per heavy atom. The molecule has 0 saturated carbocycles. The quantitative estimate of drug-likeness (QED) is 0.460. The summed E-state index contributed by atoms with van der Waals surface area (Å²) in [5.41, 5.74) is 4.47. The van der Waals surface area contributed by atoms with Crippen molar-refractivity contribution in [2.24, 2.45) is 5.92 Å². The molecule has 2 heterocycles. The lowest BCUT2D eigenvalue weighted by atomic mass is 10.0. The van der Waals surface area contributed by atoms with Gasteiger partial charge in [0.05, 0.1) is 12.8 Å². The van der Waals surface area contributed by atoms with E-state index in [9.17, 15) is 4.79 Å². The Hall–Kier alpha value is -3.54. The standard InChI is InChI=1S/C25H27N3O3/c1-16(15-28-18(3)12-17(2)27-28)14-26-25(29)24-23(19-8-6-5-7-9-19)21-11-10-20(30-4)13-22(21)31-24/h5-13,16H,14-15H2,1-4H3,(H,26,29). The van der Waals surface area contributed by atoms with E-state index in [1.807, 2.05) is 67.1 Å². The Balaban J connectivity index is 1.59. The van der Waals surface area contributed by atoms with E-state index < -0.39 is 0 Å². The number of fused-ring (bicyclic) bond motifs is 1. The number of hydrogen-bond donors (Lipinski definition) is 1. The van der Waals surface area contributed by atoms with Crippen molar-refractivity contribution >= 4 is 16.9 Å². The van der Waals surface area contributed by atoms with Crippen LogP contribution < -0.4 is 10.1 Å². The van der Waals surface area contributed by atoms with Gasteiger partial charge in [-0.1, -0.05) is 37.3 Å². The van der Waals surface area contributed by atoms with Crippen LogP contribution in [0.1, 0.15) is 28.9 Å². The number of nitrogens with one attached hydrogen (secondary N) is 1. The molecule has 6 heteroatoms. The van der Waals surface area contributed by atoms with Crippen LogP contribution in [0.4, 0.5) is 0 Å². The third kappa shape index (κ3) is 4.33. The first-order valence-corrected chi connectivity index (χ1v) is 10.4. The summed E-state index contributed by atoms with van der Waals surface area (Å²) in [6, 6.07) is 17.5. The molecule has 2 aromatic heterocycles. The van der Waals surface area contributed by atoms with Crippen LogP contribution in [0.5, 0.6) is 5.75 Å². The monoisotopic (exact) mass is 417 g/mol. The van der Waals surface area contributed by atoms with Gasteiger partial charge in [0.1, 0.15) is 11.3 Å². The molecule has 0 saturated heterocycles. The number of carbonyl (C=O) groups excluding carboxylic acids is 1. The second kappa shape index (κ2) is 8.68. The summed E-state index contributed by atoms with van der Waals surface area (Å²) in [4.78, 5) is 13.1. The fourth-order valence-electron chi connectivity index (χ4n) is 3.82. The SMILES string of the molecule is COc1ccc2c(-c3ccccc3)c(C(=O)NCC(C)Cn3nc(C)cc3C)oc2c1. The first-order valence-electron chi connectivity index (χ1n) is 10.4. The van der Waals surface area contributed by atoms with Crippen molar-refractivity contribution in [3.63, 3.8) is 0 Å². The topological polar surface area (TPSA) is 69.3 Å². The summed E-state index contributed by atoms with van der Waals surface area (Å²) in [5.74, 6) is 0.986. The van der Waals surface area contributed by atoms with Crippen LogP contribution in [0, 0.1) is 19.8 Å². The van der Waals surface area contributed by atoms with Crippen molar-refractivity contribution in [1.29, 1.82) is 0 Å². The van der Waals surface area contributed by atoms with E-state index in [4.69, 9.17) is 9.15 Å². The Bertz CT molecular complexity index is 1210. The first kappa shape index (κ1) is 20.7. The highest BCUT2D eigenvalue weighted by atomic mass is 16.5. The maximum Gasteiger partial charge on any atom is 0.287 e. The van der Waals surface area contributed by atoms with Gasteiger partial charge in [-0.2, -0.15) is 5.10 Å². The molecule has 4 rings (SSSR count). The van der Waals surface area contributed by atoms with Crippen molar-refractivity contribution in [2.75, 3.05) is 13.7 Å². The summed E-state index contributed by atoms with van der Waals surface area (Å²) >= 11 is 0. The number of methoxy groups -OCH3 is 1. The lowest BCUT2D eigenvalue weighted by Crippen LogP contribution is -2.30. The van der Waals surface area contributed by atoms with E-state index in [0.717, 1.165) is 34.4 Å². The molecule has 1 unspecified atom stereocenters. The van der Waals surface area contributed by atoms with Gasteiger partial charge in [0.15, 0.2) is 0 Å². The predicted molar refractivity (Wildman–Crippen MR) is 121 cm³/mol. The van der Waals surface area contributed by atoms with Gasteiger partial charge in [-0.25, -0.2) is 0 Å². The van der Waals surface area contributed by atoms with E-state index in [1.165, 1.54) is 0 Å². The van der Waals surface area contributed by atoms with E-state index in [-0.39, 0.29) is 11.8 Å². The molecule has 1 amide bonds. The molecule has 31 heavy (non-hydrogen) atoms. The smallest absolute Gasteiger partial charge is 0.287 e. The largest absolute Gasteiger partial charge is 0.497 e. The Morgan fingerprint density at radius 2 is 1.94 bits per heavy atom. The number of ether oxygens (including phenoxy) is 1. The van der Waals surface area contributed by atoms with Crippen LogP contribution in [0.2, 0.25) is 0 Å². The Kier molecular flexibility index (Phi) is 5.80. The van der Waals surface area contributed by atoms with Gasteiger partial charge >= 0.3 is 0 Å². The van der Waals surface area contributed by atoms with Gasteiger partial charge in [-0.15, -0.1) is 0 Å². The molecule has 160 valence electrons. The van der Waals surface area contributed by atoms with Crippen molar-refractivity contribution in [3.8, 4) is 16.9 Å². The third-order valence-electron chi connectivity index (χ3n) is 5.36. The highest BCUT2D eigenvalue weighted by Gasteiger charge is 2.22. The molecule has 0 bridgehead atoms. The molecule has 0 radical (unpaired) electrons. The first-order chi connectivity index (χ1) is 15.0. The summed E-state index contributed by atoms with van der Waals surface area (Å²) in [5, 5.41) is 8.43. The van der Waals surface area contributed by atoms with Gasteiger partial charge in [0, 0.05) is 35.8 Å². The molecular weight excluding hydrogens is 390 g/mol. The van der Waals surface area contributed by atoms with Crippen LogP contribution in [0.15, 0.2) is 59.0 Å². The normalized spacial score (nSPS) is 12.1. The van der Waals surface area contributed by atoms with Gasteiger partial charge in [0.25, 0.3) is 5.91 Å². The molecule has 0 fully saturated rings. The second-order valence-corrected chi connectivity index (χ2v) is 7.96. The number of rotatable bonds is 7. The van der Waals surface area contributed by atoms with Crippen LogP contribution >= 0.6 is 0 Å². The minimum Gasteiger partial charge on any atom is -0.497 e. The second-order valence-electron chi connectivity index (χ2n) is 7.96. The van der Waals surface area contributed by atoms with Gasteiger partial charge < -0.3 is 14.5 Å². The zero-order valence-electron chi connectivity index (χ0n) is 18.3. The van der Waals surface area contributed by atoms with Crippen LogP contribution in [0.25, 0.3) is 22.1 Å². The van der Waals surface area contributed by atoms with E-state index >= 15 is 0 Å². The molecule has 0 spiro atoms. The van der Waals surface area contributed by atoms with Crippen molar-refractivity contribution in [2.45, 2.75) is 27.3 Å². The summed E-state index contributed by atoms with van der Waals surface area (Å²) in [6.07, 6.45) is 0. The van der Waals surface area contributed by atoms with Crippen LogP contribution in [-0.4, -0.2) is 29.3 Å². The number of aromatic nitrogens is 2. The lowest BCUT2D eigenvalue weighted by Gasteiger charge is -2.14. The number of aryl methyl sites for hydroxylation is 2. The van der Waals surface area contributed by atoms with Crippen molar-refractivity contribution in [1.82, 2.24) is 15.1 Å². The predicted octanol–water partition coefficient (Wildman–Crippen LogP) is 4.99. The molecule has 1 N–H and O–H groups in total. The fraction of sp³-hybridized carbons (Fsp3) is 0.280. The molecule has 0 aliphatic heterocycles. The van der Waals surface area contributed by atoms with Gasteiger partial charge in [-0.05, 0) is 43.5 Å². The van der Waals surface area contributed by atoms with Crippen LogP contribution in [-0.2, 0) is 6.54 Å². The molecule has 2 aromatic carbocycles. The fourth-order valence-corrected chi connectivity index (χ4v) is 3.82. The number of hydrogen-bond acceptors (Lipinski definition) is 4. The number of amides is 1. The summed E-state index contributed by atoms with van der Waals surface area (Å²) in [6.45, 7) is 7.38. The lowest BCUT2D eigenvalue weighted by molar-refractivity contribution is 0.0922. The van der Waals surface area contributed by atoms with E-state index in [2.05, 4.69) is 23.4 Å². The highest BCUT2D eigenvalue weighted by molar-refractivity contribution is 6.08. The summed E-state index contributed by atoms with van der Waals surface area (Å²) < 4.78 is 13.3. The zero-order valence-corrected chi connectivity index (χ0v) is 18.3. The van der Waals surface area contributed by atoms with Crippen molar-refractivity contribution < 1.29 is 13.9 Å². The molecule has 0 aliphatic rings. The molecule has 1 atom stereocenters. The van der Waals surface area contributed by atoms with Crippen molar-refractivity contribution in [3.05, 3.63) is 71.7 Å².